The second kappa shape index (κ2) is 11.6. The summed E-state index contributed by atoms with van der Waals surface area (Å²) in [7, 11) is 1.57. The first-order valence-electron chi connectivity index (χ1n) is 9.63. The number of hydrogen-bond donors (Lipinski definition) is 1. The van der Waals surface area contributed by atoms with Crippen LogP contribution < -0.4 is 14.8 Å². The molecule has 0 saturated carbocycles. The van der Waals surface area contributed by atoms with Gasteiger partial charge in [-0.05, 0) is 54.7 Å². The van der Waals surface area contributed by atoms with E-state index in [1.165, 1.54) is 0 Å². The van der Waals surface area contributed by atoms with Crippen molar-refractivity contribution in [2.75, 3.05) is 26.9 Å². The molecule has 2 aromatic carbocycles. The molecule has 0 aromatic heterocycles. The lowest BCUT2D eigenvalue weighted by atomic mass is 10.0. The summed E-state index contributed by atoms with van der Waals surface area (Å²) < 4.78 is 16.4. The number of carbonyl (C=O) groups is 1. The number of ether oxygens (including phenoxy) is 3. The predicted molar refractivity (Wildman–Crippen MR) is 117 cm³/mol. The first kappa shape index (κ1) is 22.9. The van der Waals surface area contributed by atoms with Crippen LogP contribution in [0.1, 0.15) is 28.4 Å². The molecule has 0 bridgehead atoms. The van der Waals surface area contributed by atoms with Crippen LogP contribution in [0.4, 0.5) is 0 Å². The van der Waals surface area contributed by atoms with Crippen LogP contribution in [0.5, 0.6) is 11.5 Å². The van der Waals surface area contributed by atoms with Crippen molar-refractivity contribution in [2.45, 2.75) is 26.4 Å². The van der Waals surface area contributed by atoms with E-state index in [0.29, 0.717) is 24.5 Å². The van der Waals surface area contributed by atoms with Crippen molar-refractivity contribution < 1.29 is 19.0 Å². The normalized spacial score (nSPS) is 11.1. The second-order valence-electron chi connectivity index (χ2n) is 6.76. The third-order valence-electron chi connectivity index (χ3n) is 4.66. The molecule has 1 N–H and O–H groups in total. The summed E-state index contributed by atoms with van der Waals surface area (Å²) in [5.74, 6) is 5.80. The van der Waals surface area contributed by atoms with Gasteiger partial charge in [-0.1, -0.05) is 36.1 Å². The van der Waals surface area contributed by atoms with Crippen molar-refractivity contribution in [3.8, 4) is 36.2 Å². The topological polar surface area (TPSA) is 56.8 Å². The van der Waals surface area contributed by atoms with E-state index >= 15 is 0 Å². The van der Waals surface area contributed by atoms with Gasteiger partial charge in [0, 0.05) is 6.54 Å². The average molecular weight is 405 g/mol. The zero-order valence-electron chi connectivity index (χ0n) is 17.7. The number of terminal acetylenes is 2. The van der Waals surface area contributed by atoms with Gasteiger partial charge in [-0.3, -0.25) is 4.79 Å². The van der Waals surface area contributed by atoms with E-state index in [1.54, 1.807) is 13.2 Å². The molecule has 0 spiro atoms. The van der Waals surface area contributed by atoms with Crippen LogP contribution in [-0.2, 0) is 16.0 Å². The minimum atomic E-state index is -0.755. The standard InChI is InChI=1S/C25H27NO4/c1-6-14-29-22-11-9-20(17-23(22)28-5)12-13-26-25(27)24(30-15-7-2)21-10-8-18(3)19(4)16-21/h1-2,8-11,16-17,24H,12-15H2,3-5H3,(H,26,27). The Hall–Kier alpha value is -3.41. The number of rotatable bonds is 10. The summed E-state index contributed by atoms with van der Waals surface area (Å²) in [6.07, 6.45) is 10.4. The van der Waals surface area contributed by atoms with Crippen molar-refractivity contribution in [1.82, 2.24) is 5.32 Å². The van der Waals surface area contributed by atoms with Crippen LogP contribution in [0.25, 0.3) is 0 Å². The fourth-order valence-electron chi connectivity index (χ4n) is 2.91. The Balaban J connectivity index is 2.02. The van der Waals surface area contributed by atoms with Gasteiger partial charge in [0.15, 0.2) is 17.6 Å². The molecule has 5 nitrogen and oxygen atoms in total. The molecule has 2 aromatic rings. The first-order valence-corrected chi connectivity index (χ1v) is 9.63. The Kier molecular flexibility index (Phi) is 8.81. The molecule has 0 aliphatic heterocycles. The van der Waals surface area contributed by atoms with Crippen LogP contribution >= 0.6 is 0 Å². The summed E-state index contributed by atoms with van der Waals surface area (Å²) in [5, 5.41) is 2.93. The molecule has 0 aliphatic rings. The molecule has 156 valence electrons. The third kappa shape index (κ3) is 6.30. The molecule has 0 fully saturated rings. The highest BCUT2D eigenvalue weighted by atomic mass is 16.5. The maximum absolute atomic E-state index is 12.8. The minimum Gasteiger partial charge on any atom is -0.493 e. The lowest BCUT2D eigenvalue weighted by molar-refractivity contribution is -0.132. The van der Waals surface area contributed by atoms with E-state index in [4.69, 9.17) is 27.1 Å². The summed E-state index contributed by atoms with van der Waals surface area (Å²) in [6.45, 7) is 4.69. The van der Waals surface area contributed by atoms with Gasteiger partial charge < -0.3 is 19.5 Å². The van der Waals surface area contributed by atoms with Crippen molar-refractivity contribution in [2.24, 2.45) is 0 Å². The summed E-state index contributed by atoms with van der Waals surface area (Å²) >= 11 is 0. The number of aryl methyl sites for hydroxylation is 2. The molecule has 5 heteroatoms. The molecular weight excluding hydrogens is 378 g/mol. The van der Waals surface area contributed by atoms with Crippen molar-refractivity contribution in [3.05, 3.63) is 58.7 Å². The van der Waals surface area contributed by atoms with Crippen molar-refractivity contribution in [1.29, 1.82) is 0 Å². The molecule has 0 radical (unpaired) electrons. The summed E-state index contributed by atoms with van der Waals surface area (Å²) in [4.78, 5) is 12.8. The fraction of sp³-hybridized carbons (Fsp3) is 0.320. The van der Waals surface area contributed by atoms with Crippen LogP contribution in [0.15, 0.2) is 36.4 Å². The van der Waals surface area contributed by atoms with Gasteiger partial charge in [0.05, 0.1) is 7.11 Å². The molecular formula is C25H27NO4. The number of carbonyl (C=O) groups excluding carboxylic acids is 1. The Morgan fingerprint density at radius 3 is 2.47 bits per heavy atom. The van der Waals surface area contributed by atoms with E-state index in [0.717, 1.165) is 22.3 Å². The highest BCUT2D eigenvalue weighted by molar-refractivity contribution is 5.82. The Morgan fingerprint density at radius 2 is 1.80 bits per heavy atom. The fourth-order valence-corrected chi connectivity index (χ4v) is 2.91. The maximum atomic E-state index is 12.8. The van der Waals surface area contributed by atoms with Gasteiger partial charge in [0.2, 0.25) is 0 Å². The molecule has 2 rings (SSSR count). The van der Waals surface area contributed by atoms with E-state index in [-0.39, 0.29) is 19.1 Å². The minimum absolute atomic E-state index is 0.0569. The Bertz CT molecular complexity index is 953. The summed E-state index contributed by atoms with van der Waals surface area (Å²) in [6, 6.07) is 11.4. The number of benzene rings is 2. The van der Waals surface area contributed by atoms with Crippen LogP contribution in [0.2, 0.25) is 0 Å². The van der Waals surface area contributed by atoms with Gasteiger partial charge >= 0.3 is 0 Å². The number of hydrogen-bond acceptors (Lipinski definition) is 4. The van der Waals surface area contributed by atoms with Gasteiger partial charge in [-0.2, -0.15) is 0 Å². The molecule has 30 heavy (non-hydrogen) atoms. The molecule has 0 aliphatic carbocycles. The molecule has 1 unspecified atom stereocenters. The highest BCUT2D eigenvalue weighted by Crippen LogP contribution is 2.28. The molecule has 0 heterocycles. The Labute approximate surface area is 178 Å². The van der Waals surface area contributed by atoms with Gasteiger partial charge in [-0.15, -0.1) is 12.8 Å². The largest absolute Gasteiger partial charge is 0.493 e. The Morgan fingerprint density at radius 1 is 1.03 bits per heavy atom. The van der Waals surface area contributed by atoms with E-state index in [1.807, 2.05) is 44.2 Å². The first-order chi connectivity index (χ1) is 14.5. The lowest BCUT2D eigenvalue weighted by Crippen LogP contribution is -2.32. The summed E-state index contributed by atoms with van der Waals surface area (Å²) in [5.41, 5.74) is 4.02. The second-order valence-corrected chi connectivity index (χ2v) is 6.76. The number of methoxy groups -OCH3 is 1. The smallest absolute Gasteiger partial charge is 0.253 e. The monoisotopic (exact) mass is 405 g/mol. The third-order valence-corrected chi connectivity index (χ3v) is 4.66. The van der Waals surface area contributed by atoms with Gasteiger partial charge in [0.25, 0.3) is 5.91 Å². The van der Waals surface area contributed by atoms with Crippen molar-refractivity contribution in [3.63, 3.8) is 0 Å². The number of nitrogens with one attached hydrogen (secondary N) is 1. The zero-order valence-corrected chi connectivity index (χ0v) is 17.7. The van der Waals surface area contributed by atoms with Crippen LogP contribution in [0, 0.1) is 38.5 Å². The highest BCUT2D eigenvalue weighted by Gasteiger charge is 2.21. The van der Waals surface area contributed by atoms with Gasteiger partial charge in [0.1, 0.15) is 13.2 Å². The lowest BCUT2D eigenvalue weighted by Gasteiger charge is -2.18. The average Bonchev–Trinajstić information content (AvgIpc) is 2.75. The number of amides is 1. The van der Waals surface area contributed by atoms with E-state index in [2.05, 4.69) is 17.2 Å². The zero-order chi connectivity index (χ0) is 21.9. The molecule has 1 amide bonds. The van der Waals surface area contributed by atoms with Gasteiger partial charge in [-0.25, -0.2) is 0 Å². The van der Waals surface area contributed by atoms with Crippen LogP contribution in [0.3, 0.4) is 0 Å². The quantitative estimate of drug-likeness (QED) is 0.616. The van der Waals surface area contributed by atoms with E-state index < -0.39 is 6.10 Å². The SMILES string of the molecule is C#CCOc1ccc(CCNC(=O)C(OCC#C)c2ccc(C)c(C)c2)cc1OC. The maximum Gasteiger partial charge on any atom is 0.253 e. The predicted octanol–water partition coefficient (Wildman–Crippen LogP) is 3.37. The van der Waals surface area contributed by atoms with Crippen LogP contribution in [-0.4, -0.2) is 32.8 Å². The molecule has 0 saturated heterocycles. The molecule has 1 atom stereocenters. The van der Waals surface area contributed by atoms with Crippen molar-refractivity contribution >= 4 is 5.91 Å². The van der Waals surface area contributed by atoms with E-state index in [9.17, 15) is 4.79 Å².